The first kappa shape index (κ1) is 14.0. The molecule has 0 aromatic heterocycles. The number of rotatable bonds is 4. The largest absolute Gasteiger partial charge is 0.389 e. The van der Waals surface area contributed by atoms with E-state index in [-0.39, 0.29) is 6.10 Å². The fourth-order valence-corrected chi connectivity index (χ4v) is 3.14. The third kappa shape index (κ3) is 3.81. The molecule has 0 aliphatic carbocycles. The lowest BCUT2D eigenvalue weighted by molar-refractivity contribution is -0.104. The van der Waals surface area contributed by atoms with Crippen molar-refractivity contribution >= 4 is 15.9 Å². The molecule has 0 radical (unpaired) electrons. The fourth-order valence-electron chi connectivity index (χ4n) is 2.70. The molecule has 1 aliphatic heterocycles. The van der Waals surface area contributed by atoms with E-state index in [1.165, 1.54) is 5.56 Å². The maximum atomic E-state index is 10.7. The highest BCUT2D eigenvalue weighted by Crippen LogP contribution is 2.30. The van der Waals surface area contributed by atoms with Crippen molar-refractivity contribution in [2.75, 3.05) is 6.61 Å². The zero-order valence-electron chi connectivity index (χ0n) is 10.9. The van der Waals surface area contributed by atoms with Gasteiger partial charge in [0.25, 0.3) is 0 Å². The van der Waals surface area contributed by atoms with Gasteiger partial charge in [-0.15, -0.1) is 0 Å². The Morgan fingerprint density at radius 1 is 1.50 bits per heavy atom. The molecule has 1 aliphatic rings. The summed E-state index contributed by atoms with van der Waals surface area (Å²) in [5, 5.41) is 10.7. The van der Waals surface area contributed by atoms with Gasteiger partial charge in [-0.3, -0.25) is 0 Å². The topological polar surface area (TPSA) is 29.5 Å². The van der Waals surface area contributed by atoms with Crippen molar-refractivity contribution in [1.29, 1.82) is 0 Å². The van der Waals surface area contributed by atoms with Crippen molar-refractivity contribution in [2.24, 2.45) is 0 Å². The summed E-state index contributed by atoms with van der Waals surface area (Å²) in [5.74, 6) is 0. The van der Waals surface area contributed by atoms with Gasteiger partial charge in [0.15, 0.2) is 0 Å². The van der Waals surface area contributed by atoms with Crippen LogP contribution in [-0.4, -0.2) is 23.4 Å². The molecule has 1 heterocycles. The van der Waals surface area contributed by atoms with E-state index in [4.69, 9.17) is 4.74 Å². The molecule has 0 amide bonds. The van der Waals surface area contributed by atoms with Gasteiger partial charge in [0.1, 0.15) is 0 Å². The van der Waals surface area contributed by atoms with Crippen LogP contribution in [-0.2, 0) is 11.2 Å². The molecule has 18 heavy (non-hydrogen) atoms. The number of aliphatic hydroxyl groups is 1. The van der Waals surface area contributed by atoms with Crippen LogP contribution in [0.4, 0.5) is 0 Å². The minimum atomic E-state index is -0.598. The molecule has 1 aromatic carbocycles. The Kier molecular flexibility index (Phi) is 4.82. The summed E-state index contributed by atoms with van der Waals surface area (Å²) in [5.41, 5.74) is 0.586. The number of hydrogen-bond donors (Lipinski definition) is 1. The third-order valence-electron chi connectivity index (χ3n) is 3.56. The van der Waals surface area contributed by atoms with Gasteiger partial charge in [-0.25, -0.2) is 0 Å². The summed E-state index contributed by atoms with van der Waals surface area (Å²) in [6, 6.07) is 8.19. The lowest BCUT2D eigenvalue weighted by atomic mass is 9.83. The molecular weight excluding hydrogens is 292 g/mol. The minimum absolute atomic E-state index is 0.223. The predicted molar refractivity (Wildman–Crippen MR) is 76.7 cm³/mol. The Balaban J connectivity index is 2.02. The number of halogens is 1. The van der Waals surface area contributed by atoms with Gasteiger partial charge in [-0.05, 0) is 30.5 Å². The molecule has 1 N–H and O–H groups in total. The smallest absolute Gasteiger partial charge is 0.0734 e. The van der Waals surface area contributed by atoms with Crippen molar-refractivity contribution in [3.8, 4) is 0 Å². The van der Waals surface area contributed by atoms with E-state index in [1.54, 1.807) is 0 Å². The highest BCUT2D eigenvalue weighted by atomic mass is 79.9. The summed E-state index contributed by atoms with van der Waals surface area (Å²) in [6.45, 7) is 2.83. The van der Waals surface area contributed by atoms with E-state index in [2.05, 4.69) is 35.0 Å². The summed E-state index contributed by atoms with van der Waals surface area (Å²) in [6.07, 6.45) is 4.59. The lowest BCUT2D eigenvalue weighted by Crippen LogP contribution is -2.42. The molecule has 1 saturated heterocycles. The molecule has 0 bridgehead atoms. The zero-order valence-corrected chi connectivity index (χ0v) is 12.4. The Bertz CT molecular complexity index is 392. The van der Waals surface area contributed by atoms with Crippen molar-refractivity contribution < 1.29 is 9.84 Å². The molecule has 100 valence electrons. The van der Waals surface area contributed by atoms with E-state index >= 15 is 0 Å². The van der Waals surface area contributed by atoms with Crippen LogP contribution in [0, 0.1) is 0 Å². The maximum absolute atomic E-state index is 10.7. The van der Waals surface area contributed by atoms with Gasteiger partial charge in [-0.1, -0.05) is 41.4 Å². The van der Waals surface area contributed by atoms with Crippen LogP contribution >= 0.6 is 15.9 Å². The number of ether oxygens (including phenoxy) is 1. The summed E-state index contributed by atoms with van der Waals surface area (Å²) in [7, 11) is 0. The third-order valence-corrected chi connectivity index (χ3v) is 4.05. The standard InChI is InChI=1S/C15H21BrO2/c1-2-4-14-11-15(17,7-8-18-14)10-12-5-3-6-13(16)9-12/h3,5-6,9,14,17H,2,4,7-8,10-11H2,1H3. The molecule has 2 unspecified atom stereocenters. The minimum Gasteiger partial charge on any atom is -0.389 e. The highest BCUT2D eigenvalue weighted by Gasteiger charge is 2.34. The average Bonchev–Trinajstić information content (AvgIpc) is 2.28. The molecular formula is C15H21BrO2. The molecule has 0 spiro atoms. The van der Waals surface area contributed by atoms with Crippen LogP contribution in [0.25, 0.3) is 0 Å². The Morgan fingerprint density at radius 3 is 3.06 bits per heavy atom. The molecule has 2 nitrogen and oxygen atoms in total. The molecule has 3 heteroatoms. The summed E-state index contributed by atoms with van der Waals surface area (Å²) < 4.78 is 6.78. The van der Waals surface area contributed by atoms with E-state index in [0.29, 0.717) is 6.61 Å². The van der Waals surface area contributed by atoms with Gasteiger partial charge in [0, 0.05) is 23.9 Å². The normalized spacial score (nSPS) is 28.3. The van der Waals surface area contributed by atoms with Crippen LogP contribution in [0.3, 0.4) is 0 Å². The van der Waals surface area contributed by atoms with Crippen LogP contribution < -0.4 is 0 Å². The highest BCUT2D eigenvalue weighted by molar-refractivity contribution is 9.10. The second-order valence-corrected chi connectivity index (χ2v) is 6.18. The zero-order chi connectivity index (χ0) is 13.0. The van der Waals surface area contributed by atoms with Crippen LogP contribution in [0.1, 0.15) is 38.2 Å². The van der Waals surface area contributed by atoms with Crippen LogP contribution in [0.5, 0.6) is 0 Å². The van der Waals surface area contributed by atoms with Gasteiger partial charge in [0.2, 0.25) is 0 Å². The molecule has 0 saturated carbocycles. The molecule has 1 aromatic rings. The first-order valence-corrected chi connectivity index (χ1v) is 7.49. The quantitative estimate of drug-likeness (QED) is 0.918. The number of hydrogen-bond acceptors (Lipinski definition) is 2. The Morgan fingerprint density at radius 2 is 2.33 bits per heavy atom. The van der Waals surface area contributed by atoms with Crippen molar-refractivity contribution in [3.05, 3.63) is 34.3 Å². The predicted octanol–water partition coefficient (Wildman–Crippen LogP) is 3.70. The van der Waals surface area contributed by atoms with Crippen molar-refractivity contribution in [2.45, 2.75) is 50.7 Å². The van der Waals surface area contributed by atoms with Gasteiger partial charge < -0.3 is 9.84 Å². The first-order valence-electron chi connectivity index (χ1n) is 6.70. The Hall–Kier alpha value is -0.380. The van der Waals surface area contributed by atoms with Crippen LogP contribution in [0.15, 0.2) is 28.7 Å². The van der Waals surface area contributed by atoms with Crippen molar-refractivity contribution in [1.82, 2.24) is 0 Å². The van der Waals surface area contributed by atoms with E-state index in [1.807, 2.05) is 12.1 Å². The monoisotopic (exact) mass is 312 g/mol. The molecule has 2 rings (SSSR count). The maximum Gasteiger partial charge on any atom is 0.0734 e. The molecule has 1 fully saturated rings. The summed E-state index contributed by atoms with van der Waals surface area (Å²) >= 11 is 3.47. The van der Waals surface area contributed by atoms with Gasteiger partial charge >= 0.3 is 0 Å². The molecule has 2 atom stereocenters. The van der Waals surface area contributed by atoms with E-state index in [0.717, 1.165) is 36.6 Å². The lowest BCUT2D eigenvalue weighted by Gasteiger charge is -2.37. The first-order chi connectivity index (χ1) is 8.61. The van der Waals surface area contributed by atoms with Crippen LogP contribution in [0.2, 0.25) is 0 Å². The van der Waals surface area contributed by atoms with Crippen molar-refractivity contribution in [3.63, 3.8) is 0 Å². The average molecular weight is 313 g/mol. The SMILES string of the molecule is CCCC1CC(O)(Cc2cccc(Br)c2)CCO1. The van der Waals surface area contributed by atoms with E-state index in [9.17, 15) is 5.11 Å². The summed E-state index contributed by atoms with van der Waals surface area (Å²) in [4.78, 5) is 0. The van der Waals surface area contributed by atoms with Gasteiger partial charge in [0.05, 0.1) is 11.7 Å². The number of benzene rings is 1. The second-order valence-electron chi connectivity index (χ2n) is 5.27. The van der Waals surface area contributed by atoms with Gasteiger partial charge in [-0.2, -0.15) is 0 Å². The second kappa shape index (κ2) is 6.18. The fraction of sp³-hybridized carbons (Fsp3) is 0.600. The Labute approximate surface area is 117 Å². The van der Waals surface area contributed by atoms with E-state index < -0.39 is 5.60 Å².